The van der Waals surface area contributed by atoms with Gasteiger partial charge >= 0.3 is 0 Å². The molecule has 1 aliphatic heterocycles. The summed E-state index contributed by atoms with van der Waals surface area (Å²) < 4.78 is 11.3. The lowest BCUT2D eigenvalue weighted by Gasteiger charge is -2.33. The van der Waals surface area contributed by atoms with Crippen molar-refractivity contribution in [3.63, 3.8) is 0 Å². The number of nitrogens with two attached hydrogens (primary N) is 1. The average molecular weight is 343 g/mol. The molecule has 0 radical (unpaired) electrons. The van der Waals surface area contributed by atoms with Crippen LogP contribution in [-0.2, 0) is 16.0 Å². The minimum absolute atomic E-state index is 0.00805. The van der Waals surface area contributed by atoms with Gasteiger partial charge in [-0.2, -0.15) is 0 Å². The van der Waals surface area contributed by atoms with E-state index in [1.165, 1.54) is 0 Å². The SMILES string of the molecule is Cc1ccc(C(CNC(=O)Cc2ccc(N)cc2)N2CCOCC2)o1. The van der Waals surface area contributed by atoms with Gasteiger partial charge in [0.2, 0.25) is 5.91 Å². The Balaban J connectivity index is 1.61. The number of hydrogen-bond acceptors (Lipinski definition) is 5. The lowest BCUT2D eigenvalue weighted by atomic mass is 10.1. The summed E-state index contributed by atoms with van der Waals surface area (Å²) in [7, 11) is 0. The quantitative estimate of drug-likeness (QED) is 0.783. The molecule has 1 amide bonds. The van der Waals surface area contributed by atoms with Crippen molar-refractivity contribution in [2.24, 2.45) is 0 Å². The largest absolute Gasteiger partial charge is 0.465 e. The molecule has 25 heavy (non-hydrogen) atoms. The van der Waals surface area contributed by atoms with Crippen LogP contribution >= 0.6 is 0 Å². The lowest BCUT2D eigenvalue weighted by molar-refractivity contribution is -0.120. The Morgan fingerprint density at radius 1 is 1.20 bits per heavy atom. The van der Waals surface area contributed by atoms with Crippen LogP contribution in [0.2, 0.25) is 0 Å². The number of carbonyl (C=O) groups is 1. The topological polar surface area (TPSA) is 80.7 Å². The van der Waals surface area contributed by atoms with E-state index in [0.29, 0.717) is 31.9 Å². The van der Waals surface area contributed by atoms with Crippen LogP contribution in [0.4, 0.5) is 5.69 Å². The Morgan fingerprint density at radius 3 is 2.56 bits per heavy atom. The molecule has 0 bridgehead atoms. The van der Waals surface area contributed by atoms with Gasteiger partial charge in [0.05, 0.1) is 25.7 Å². The van der Waals surface area contributed by atoms with E-state index in [2.05, 4.69) is 10.2 Å². The number of nitrogens with one attached hydrogen (secondary N) is 1. The summed E-state index contributed by atoms with van der Waals surface area (Å²) >= 11 is 0. The number of hydrogen-bond donors (Lipinski definition) is 2. The van der Waals surface area contributed by atoms with Crippen LogP contribution in [0.25, 0.3) is 0 Å². The third-order valence-electron chi connectivity index (χ3n) is 4.41. The molecule has 0 aliphatic carbocycles. The first kappa shape index (κ1) is 17.5. The second kappa shape index (κ2) is 8.18. The van der Waals surface area contributed by atoms with Crippen LogP contribution in [0.5, 0.6) is 0 Å². The van der Waals surface area contributed by atoms with Crippen molar-refractivity contribution < 1.29 is 13.9 Å². The Morgan fingerprint density at radius 2 is 1.92 bits per heavy atom. The standard InChI is InChI=1S/C19H25N3O3/c1-14-2-7-18(25-14)17(22-8-10-24-11-9-22)13-21-19(23)12-15-3-5-16(20)6-4-15/h2-7,17H,8-13,20H2,1H3,(H,21,23). The van der Waals surface area contributed by atoms with Gasteiger partial charge in [-0.25, -0.2) is 0 Å². The van der Waals surface area contributed by atoms with Gasteiger partial charge in [0.15, 0.2) is 0 Å². The van der Waals surface area contributed by atoms with Crippen molar-refractivity contribution >= 4 is 11.6 Å². The third-order valence-corrected chi connectivity index (χ3v) is 4.41. The molecule has 1 aromatic carbocycles. The number of benzene rings is 1. The van der Waals surface area contributed by atoms with Crippen LogP contribution in [-0.4, -0.2) is 43.7 Å². The first-order valence-corrected chi connectivity index (χ1v) is 8.61. The highest BCUT2D eigenvalue weighted by Gasteiger charge is 2.25. The summed E-state index contributed by atoms with van der Waals surface area (Å²) in [6, 6.07) is 11.3. The Hall–Kier alpha value is -2.31. The highest BCUT2D eigenvalue weighted by atomic mass is 16.5. The molecule has 1 aliphatic rings. The predicted molar refractivity (Wildman–Crippen MR) is 96.1 cm³/mol. The van der Waals surface area contributed by atoms with Crippen LogP contribution in [0, 0.1) is 6.92 Å². The smallest absolute Gasteiger partial charge is 0.224 e. The fourth-order valence-corrected chi connectivity index (χ4v) is 3.03. The number of ether oxygens (including phenoxy) is 1. The van der Waals surface area contributed by atoms with E-state index in [-0.39, 0.29) is 11.9 Å². The maximum Gasteiger partial charge on any atom is 0.224 e. The van der Waals surface area contributed by atoms with Crippen molar-refractivity contribution in [3.05, 3.63) is 53.5 Å². The van der Waals surface area contributed by atoms with Crippen molar-refractivity contribution in [3.8, 4) is 0 Å². The number of morpholine rings is 1. The Bertz CT molecular complexity index is 690. The van der Waals surface area contributed by atoms with E-state index in [1.54, 1.807) is 0 Å². The second-order valence-corrected chi connectivity index (χ2v) is 6.33. The zero-order chi connectivity index (χ0) is 17.6. The van der Waals surface area contributed by atoms with Crippen LogP contribution < -0.4 is 11.1 Å². The third kappa shape index (κ3) is 4.84. The molecular weight excluding hydrogens is 318 g/mol. The summed E-state index contributed by atoms with van der Waals surface area (Å²) in [5.74, 6) is 1.75. The van der Waals surface area contributed by atoms with Crippen LogP contribution in [0.3, 0.4) is 0 Å². The van der Waals surface area contributed by atoms with Crippen molar-refractivity contribution in [2.45, 2.75) is 19.4 Å². The second-order valence-electron chi connectivity index (χ2n) is 6.33. The number of carbonyl (C=O) groups excluding carboxylic acids is 1. The minimum Gasteiger partial charge on any atom is -0.465 e. The van der Waals surface area contributed by atoms with Gasteiger partial charge in [0.25, 0.3) is 0 Å². The molecule has 0 spiro atoms. The molecule has 6 nitrogen and oxygen atoms in total. The summed E-state index contributed by atoms with van der Waals surface area (Å²) in [6.07, 6.45) is 0.341. The maximum absolute atomic E-state index is 12.3. The molecule has 134 valence electrons. The van der Waals surface area contributed by atoms with Crippen LogP contribution in [0.1, 0.15) is 23.1 Å². The van der Waals surface area contributed by atoms with Gasteiger partial charge < -0.3 is 20.2 Å². The molecule has 3 rings (SSSR count). The van der Waals surface area contributed by atoms with E-state index >= 15 is 0 Å². The number of nitrogen functional groups attached to an aromatic ring is 1. The predicted octanol–water partition coefficient (Wildman–Crippen LogP) is 1.90. The fourth-order valence-electron chi connectivity index (χ4n) is 3.03. The Kier molecular flexibility index (Phi) is 5.73. The van der Waals surface area contributed by atoms with E-state index in [9.17, 15) is 4.79 Å². The first-order chi connectivity index (χ1) is 12.1. The highest BCUT2D eigenvalue weighted by Crippen LogP contribution is 2.23. The summed E-state index contributed by atoms with van der Waals surface area (Å²) in [5.41, 5.74) is 7.32. The molecule has 1 aromatic heterocycles. The van der Waals surface area contributed by atoms with Gasteiger partial charge in [-0.3, -0.25) is 9.69 Å². The number of anilines is 1. The lowest BCUT2D eigenvalue weighted by Crippen LogP contribution is -2.43. The zero-order valence-corrected chi connectivity index (χ0v) is 14.5. The molecule has 1 fully saturated rings. The molecule has 1 saturated heterocycles. The number of amides is 1. The fraction of sp³-hybridized carbons (Fsp3) is 0.421. The van der Waals surface area contributed by atoms with Gasteiger partial charge in [-0.05, 0) is 36.8 Å². The van der Waals surface area contributed by atoms with Crippen molar-refractivity contribution in [1.82, 2.24) is 10.2 Å². The maximum atomic E-state index is 12.3. The van der Waals surface area contributed by atoms with E-state index in [4.69, 9.17) is 14.9 Å². The zero-order valence-electron chi connectivity index (χ0n) is 14.5. The molecule has 1 atom stereocenters. The minimum atomic E-state index is -0.00805. The van der Waals surface area contributed by atoms with E-state index in [0.717, 1.165) is 30.2 Å². The summed E-state index contributed by atoms with van der Waals surface area (Å²) in [4.78, 5) is 14.6. The Labute approximate surface area is 147 Å². The molecule has 6 heteroatoms. The van der Waals surface area contributed by atoms with E-state index < -0.39 is 0 Å². The molecule has 0 saturated carbocycles. The van der Waals surface area contributed by atoms with Gasteiger partial charge in [0.1, 0.15) is 11.5 Å². The molecule has 3 N–H and O–H groups in total. The number of rotatable bonds is 6. The van der Waals surface area contributed by atoms with Gasteiger partial charge in [-0.15, -0.1) is 0 Å². The molecule has 1 unspecified atom stereocenters. The average Bonchev–Trinajstić information content (AvgIpc) is 3.04. The normalized spacial score (nSPS) is 16.5. The van der Waals surface area contributed by atoms with Crippen molar-refractivity contribution in [1.29, 1.82) is 0 Å². The number of nitrogens with zero attached hydrogens (tertiary/aromatic N) is 1. The number of furan rings is 1. The van der Waals surface area contributed by atoms with Crippen molar-refractivity contribution in [2.75, 3.05) is 38.6 Å². The van der Waals surface area contributed by atoms with E-state index in [1.807, 2.05) is 43.3 Å². The molecule has 2 heterocycles. The van der Waals surface area contributed by atoms with Gasteiger partial charge in [0, 0.05) is 25.3 Å². The number of aryl methyl sites for hydroxylation is 1. The van der Waals surface area contributed by atoms with Crippen LogP contribution in [0.15, 0.2) is 40.8 Å². The highest BCUT2D eigenvalue weighted by molar-refractivity contribution is 5.78. The van der Waals surface area contributed by atoms with Gasteiger partial charge in [-0.1, -0.05) is 12.1 Å². The summed E-state index contributed by atoms with van der Waals surface area (Å²) in [5, 5.41) is 3.04. The monoisotopic (exact) mass is 343 g/mol. The first-order valence-electron chi connectivity index (χ1n) is 8.61. The molecule has 2 aromatic rings. The summed E-state index contributed by atoms with van der Waals surface area (Å²) in [6.45, 7) is 5.52. The molecular formula is C19H25N3O3.